The SMILES string of the molecule is N#C/C(=C\c1ccco1)c1nc(-c2ccc(S(=O)(=O)N3CCCC3)cc2)cs1. The van der Waals surface area contributed by atoms with Crippen molar-refractivity contribution in [3.05, 3.63) is 58.8 Å². The molecule has 1 aliphatic heterocycles. The maximum absolute atomic E-state index is 12.6. The molecule has 6 nitrogen and oxygen atoms in total. The third-order valence-electron chi connectivity index (χ3n) is 4.54. The van der Waals surface area contributed by atoms with Gasteiger partial charge in [-0.3, -0.25) is 0 Å². The predicted octanol–water partition coefficient (Wildman–Crippen LogP) is 4.25. The van der Waals surface area contributed by atoms with Crippen molar-refractivity contribution >= 4 is 33.0 Å². The number of nitrogens with zero attached hydrogens (tertiary/aromatic N) is 3. The van der Waals surface area contributed by atoms with Crippen molar-refractivity contribution in [1.82, 2.24) is 9.29 Å². The Bertz CT molecular complexity index is 1130. The van der Waals surface area contributed by atoms with E-state index < -0.39 is 10.0 Å². The Morgan fingerprint density at radius 3 is 2.61 bits per heavy atom. The average Bonchev–Trinajstić information content (AvgIpc) is 3.49. The van der Waals surface area contributed by atoms with Crippen LogP contribution >= 0.6 is 11.3 Å². The molecule has 0 saturated carbocycles. The molecule has 142 valence electrons. The van der Waals surface area contributed by atoms with Crippen LogP contribution in [0.4, 0.5) is 0 Å². The molecule has 28 heavy (non-hydrogen) atoms. The molecule has 0 radical (unpaired) electrons. The molecule has 0 atom stereocenters. The van der Waals surface area contributed by atoms with Crippen LogP contribution in [-0.4, -0.2) is 30.8 Å². The lowest BCUT2D eigenvalue weighted by atomic mass is 10.2. The maximum atomic E-state index is 12.6. The van der Waals surface area contributed by atoms with E-state index in [0.717, 1.165) is 18.4 Å². The fourth-order valence-corrected chi connectivity index (χ4v) is 5.37. The lowest BCUT2D eigenvalue weighted by Gasteiger charge is -2.15. The minimum Gasteiger partial charge on any atom is -0.465 e. The molecular weight excluding hydrogens is 394 g/mol. The molecule has 4 rings (SSSR count). The van der Waals surface area contributed by atoms with Crippen LogP contribution in [0.25, 0.3) is 22.9 Å². The Kier molecular flexibility index (Phi) is 5.13. The summed E-state index contributed by atoms with van der Waals surface area (Å²) in [6, 6.07) is 12.4. The quantitative estimate of drug-likeness (QED) is 0.586. The van der Waals surface area contributed by atoms with Gasteiger partial charge in [-0.05, 0) is 37.1 Å². The normalized spacial score (nSPS) is 15.6. The largest absolute Gasteiger partial charge is 0.465 e. The number of furan rings is 1. The van der Waals surface area contributed by atoms with Crippen LogP contribution in [0.1, 0.15) is 23.6 Å². The standard InChI is InChI=1S/C20H17N3O3S2/c21-13-16(12-17-4-3-11-26-17)20-22-19(14-27-20)15-5-7-18(8-6-15)28(24,25)23-9-1-2-10-23/h3-8,11-12,14H,1-2,9-10H2/b16-12+. The van der Waals surface area contributed by atoms with E-state index >= 15 is 0 Å². The maximum Gasteiger partial charge on any atom is 0.243 e. The third-order valence-corrected chi connectivity index (χ3v) is 7.33. The number of hydrogen-bond donors (Lipinski definition) is 0. The summed E-state index contributed by atoms with van der Waals surface area (Å²) >= 11 is 1.36. The Morgan fingerprint density at radius 1 is 1.21 bits per heavy atom. The molecule has 0 spiro atoms. The molecule has 0 unspecified atom stereocenters. The monoisotopic (exact) mass is 411 g/mol. The number of hydrogen-bond acceptors (Lipinski definition) is 6. The Hall–Kier alpha value is -2.73. The molecule has 8 heteroatoms. The van der Waals surface area contributed by atoms with Crippen molar-refractivity contribution in [2.75, 3.05) is 13.1 Å². The van der Waals surface area contributed by atoms with Gasteiger partial charge in [0.05, 0.1) is 22.4 Å². The first-order chi connectivity index (χ1) is 13.6. The summed E-state index contributed by atoms with van der Waals surface area (Å²) in [7, 11) is -3.43. The zero-order valence-corrected chi connectivity index (χ0v) is 16.5. The van der Waals surface area contributed by atoms with Gasteiger partial charge in [0, 0.05) is 30.1 Å². The summed E-state index contributed by atoms with van der Waals surface area (Å²) in [4.78, 5) is 4.82. The minimum atomic E-state index is -3.43. The molecule has 1 saturated heterocycles. The van der Waals surface area contributed by atoms with Gasteiger partial charge in [0.2, 0.25) is 10.0 Å². The van der Waals surface area contributed by atoms with Gasteiger partial charge < -0.3 is 4.42 Å². The van der Waals surface area contributed by atoms with E-state index in [1.54, 1.807) is 48.7 Å². The number of benzene rings is 1. The van der Waals surface area contributed by atoms with Crippen LogP contribution in [0.2, 0.25) is 0 Å². The molecule has 1 aromatic carbocycles. The number of nitriles is 1. The zero-order chi connectivity index (χ0) is 19.6. The Morgan fingerprint density at radius 2 is 1.96 bits per heavy atom. The lowest BCUT2D eigenvalue weighted by Crippen LogP contribution is -2.27. The van der Waals surface area contributed by atoms with Gasteiger partial charge in [-0.1, -0.05) is 12.1 Å². The first-order valence-electron chi connectivity index (χ1n) is 8.80. The van der Waals surface area contributed by atoms with E-state index in [0.29, 0.717) is 40.0 Å². The number of rotatable bonds is 5. The van der Waals surface area contributed by atoms with Crippen LogP contribution in [0.3, 0.4) is 0 Å². The highest BCUT2D eigenvalue weighted by Gasteiger charge is 2.27. The van der Waals surface area contributed by atoms with Gasteiger partial charge in [0.25, 0.3) is 0 Å². The molecule has 3 heterocycles. The second-order valence-corrected chi connectivity index (χ2v) is 9.15. The summed E-state index contributed by atoms with van der Waals surface area (Å²) in [5.41, 5.74) is 1.92. The summed E-state index contributed by atoms with van der Waals surface area (Å²) in [6.45, 7) is 1.16. The van der Waals surface area contributed by atoms with Crippen molar-refractivity contribution < 1.29 is 12.8 Å². The number of thiazole rings is 1. The van der Waals surface area contributed by atoms with E-state index in [4.69, 9.17) is 4.42 Å². The molecule has 1 aliphatic rings. The van der Waals surface area contributed by atoms with Crippen LogP contribution in [0, 0.1) is 11.3 Å². The van der Waals surface area contributed by atoms with E-state index in [9.17, 15) is 13.7 Å². The van der Waals surface area contributed by atoms with Gasteiger partial charge >= 0.3 is 0 Å². The van der Waals surface area contributed by atoms with Gasteiger partial charge in [-0.2, -0.15) is 9.57 Å². The van der Waals surface area contributed by atoms with E-state index in [1.165, 1.54) is 15.6 Å². The van der Waals surface area contributed by atoms with Crippen molar-refractivity contribution in [1.29, 1.82) is 5.26 Å². The van der Waals surface area contributed by atoms with Gasteiger partial charge in [0.15, 0.2) is 0 Å². The molecule has 2 aromatic heterocycles. The molecular formula is C20H17N3O3S2. The highest BCUT2D eigenvalue weighted by Crippen LogP contribution is 2.29. The van der Waals surface area contributed by atoms with Crippen LogP contribution in [0.15, 0.2) is 57.4 Å². The lowest BCUT2D eigenvalue weighted by molar-refractivity contribution is 0.477. The number of allylic oxidation sites excluding steroid dienone is 1. The molecule has 0 N–H and O–H groups in total. The Balaban J connectivity index is 1.58. The average molecular weight is 412 g/mol. The highest BCUT2D eigenvalue weighted by molar-refractivity contribution is 7.89. The van der Waals surface area contributed by atoms with Crippen molar-refractivity contribution in [3.63, 3.8) is 0 Å². The smallest absolute Gasteiger partial charge is 0.243 e. The van der Waals surface area contributed by atoms with Crippen LogP contribution < -0.4 is 0 Å². The fourth-order valence-electron chi connectivity index (χ4n) is 3.06. The fraction of sp³-hybridized carbons (Fsp3) is 0.200. The minimum absolute atomic E-state index is 0.295. The first-order valence-corrected chi connectivity index (χ1v) is 11.1. The van der Waals surface area contributed by atoms with Crippen LogP contribution in [0.5, 0.6) is 0 Å². The number of sulfonamides is 1. The third kappa shape index (κ3) is 3.64. The Labute approximate surface area is 167 Å². The molecule has 0 amide bonds. The second-order valence-electron chi connectivity index (χ2n) is 6.36. The summed E-state index contributed by atoms with van der Waals surface area (Å²) in [5.74, 6) is 0.588. The summed E-state index contributed by atoms with van der Waals surface area (Å²) < 4.78 is 32.0. The molecule has 3 aromatic rings. The van der Waals surface area contributed by atoms with Crippen molar-refractivity contribution in [3.8, 4) is 17.3 Å². The van der Waals surface area contributed by atoms with E-state index in [-0.39, 0.29) is 0 Å². The first kappa shape index (κ1) is 18.6. The van der Waals surface area contributed by atoms with Crippen molar-refractivity contribution in [2.45, 2.75) is 17.7 Å². The highest BCUT2D eigenvalue weighted by atomic mass is 32.2. The zero-order valence-electron chi connectivity index (χ0n) is 14.9. The van der Waals surface area contributed by atoms with Crippen LogP contribution in [-0.2, 0) is 10.0 Å². The van der Waals surface area contributed by atoms with Gasteiger partial charge in [-0.25, -0.2) is 13.4 Å². The van der Waals surface area contributed by atoms with E-state index in [2.05, 4.69) is 11.1 Å². The van der Waals surface area contributed by atoms with E-state index in [1.807, 2.05) is 5.38 Å². The number of aromatic nitrogens is 1. The van der Waals surface area contributed by atoms with Crippen molar-refractivity contribution in [2.24, 2.45) is 0 Å². The second kappa shape index (κ2) is 7.72. The molecule has 0 aliphatic carbocycles. The molecule has 0 bridgehead atoms. The molecule has 1 fully saturated rings. The topological polar surface area (TPSA) is 87.2 Å². The summed E-state index contributed by atoms with van der Waals surface area (Å²) in [6.07, 6.45) is 5.01. The van der Waals surface area contributed by atoms with Gasteiger partial charge in [0.1, 0.15) is 16.8 Å². The van der Waals surface area contributed by atoms with Gasteiger partial charge in [-0.15, -0.1) is 11.3 Å². The predicted molar refractivity (Wildman–Crippen MR) is 108 cm³/mol. The summed E-state index contributed by atoms with van der Waals surface area (Å²) in [5, 5.41) is 11.9.